The third kappa shape index (κ3) is 4.60. The van der Waals surface area contributed by atoms with Crippen molar-refractivity contribution in [3.8, 4) is 0 Å². The molecule has 1 atom stereocenters. The topological polar surface area (TPSA) is 50.5 Å². The van der Waals surface area contributed by atoms with Gasteiger partial charge in [0.15, 0.2) is 5.76 Å². The van der Waals surface area contributed by atoms with Crippen LogP contribution in [0.1, 0.15) is 39.1 Å². The van der Waals surface area contributed by atoms with E-state index in [0.29, 0.717) is 6.04 Å². The summed E-state index contributed by atoms with van der Waals surface area (Å²) >= 11 is 0. The average molecular weight is 267 g/mol. The van der Waals surface area contributed by atoms with E-state index in [1.54, 1.807) is 0 Å². The van der Waals surface area contributed by atoms with Crippen molar-refractivity contribution in [1.29, 1.82) is 0 Å². The zero-order valence-corrected chi connectivity index (χ0v) is 12.4. The molecule has 1 aliphatic heterocycles. The van der Waals surface area contributed by atoms with Crippen molar-refractivity contribution in [2.45, 2.75) is 52.4 Å². The van der Waals surface area contributed by atoms with Crippen LogP contribution in [0.4, 0.5) is 0 Å². The van der Waals surface area contributed by atoms with Crippen molar-refractivity contribution < 1.29 is 9.26 Å². The lowest BCUT2D eigenvalue weighted by Gasteiger charge is -2.32. The van der Waals surface area contributed by atoms with Gasteiger partial charge in [-0.05, 0) is 27.7 Å². The first-order valence-corrected chi connectivity index (χ1v) is 6.95. The van der Waals surface area contributed by atoms with Gasteiger partial charge < -0.3 is 14.6 Å². The van der Waals surface area contributed by atoms with Gasteiger partial charge in [0.05, 0.1) is 25.5 Å². The first kappa shape index (κ1) is 14.5. The Kier molecular flexibility index (Phi) is 4.60. The van der Waals surface area contributed by atoms with E-state index in [9.17, 15) is 0 Å². The molecule has 0 saturated carbocycles. The first-order valence-electron chi connectivity index (χ1n) is 6.95. The first-order chi connectivity index (χ1) is 8.94. The summed E-state index contributed by atoms with van der Waals surface area (Å²) in [7, 11) is 0. The van der Waals surface area contributed by atoms with E-state index in [0.717, 1.165) is 44.3 Å². The van der Waals surface area contributed by atoms with E-state index < -0.39 is 0 Å². The number of hydrogen-bond acceptors (Lipinski definition) is 5. The SMILES string of the molecule is CC1COCCN1Cc1cc(CNC(C)(C)C)no1. The molecule has 1 fully saturated rings. The van der Waals surface area contributed by atoms with E-state index in [1.165, 1.54) is 0 Å². The highest BCUT2D eigenvalue weighted by molar-refractivity contribution is 5.06. The van der Waals surface area contributed by atoms with Crippen molar-refractivity contribution in [2.24, 2.45) is 0 Å². The van der Waals surface area contributed by atoms with Gasteiger partial charge in [0.25, 0.3) is 0 Å². The van der Waals surface area contributed by atoms with Gasteiger partial charge in [0, 0.05) is 30.7 Å². The van der Waals surface area contributed by atoms with Gasteiger partial charge in [-0.1, -0.05) is 5.16 Å². The van der Waals surface area contributed by atoms with Gasteiger partial charge in [0.2, 0.25) is 0 Å². The molecule has 0 radical (unpaired) electrons. The Morgan fingerprint density at radius 3 is 2.95 bits per heavy atom. The van der Waals surface area contributed by atoms with Crippen LogP contribution >= 0.6 is 0 Å². The molecule has 1 aromatic rings. The maximum absolute atomic E-state index is 5.43. The summed E-state index contributed by atoms with van der Waals surface area (Å²) in [5, 5.41) is 7.52. The van der Waals surface area contributed by atoms with Gasteiger partial charge >= 0.3 is 0 Å². The Bertz CT molecular complexity index is 398. The molecule has 1 saturated heterocycles. The summed E-state index contributed by atoms with van der Waals surface area (Å²) in [6, 6.07) is 2.48. The number of morpholine rings is 1. The summed E-state index contributed by atoms with van der Waals surface area (Å²) in [6.07, 6.45) is 0. The summed E-state index contributed by atoms with van der Waals surface area (Å²) in [5.74, 6) is 0.930. The molecule has 5 heteroatoms. The minimum absolute atomic E-state index is 0.0951. The van der Waals surface area contributed by atoms with Crippen molar-refractivity contribution in [1.82, 2.24) is 15.4 Å². The Hall–Kier alpha value is -0.910. The number of nitrogens with zero attached hydrogens (tertiary/aromatic N) is 2. The van der Waals surface area contributed by atoms with Crippen LogP contribution < -0.4 is 5.32 Å². The van der Waals surface area contributed by atoms with Crippen molar-refractivity contribution in [3.63, 3.8) is 0 Å². The smallest absolute Gasteiger partial charge is 0.151 e. The largest absolute Gasteiger partial charge is 0.379 e. The number of hydrogen-bond donors (Lipinski definition) is 1. The molecule has 5 nitrogen and oxygen atoms in total. The normalized spacial score (nSPS) is 21.8. The molecule has 0 aliphatic carbocycles. The van der Waals surface area contributed by atoms with E-state index in [-0.39, 0.29) is 5.54 Å². The Morgan fingerprint density at radius 2 is 2.26 bits per heavy atom. The van der Waals surface area contributed by atoms with Gasteiger partial charge in [-0.25, -0.2) is 0 Å². The van der Waals surface area contributed by atoms with E-state index in [4.69, 9.17) is 9.26 Å². The van der Waals surface area contributed by atoms with Crippen LogP contribution in [-0.2, 0) is 17.8 Å². The lowest BCUT2D eigenvalue weighted by Crippen LogP contribution is -2.42. The summed E-state index contributed by atoms with van der Waals surface area (Å²) in [5.41, 5.74) is 1.06. The number of rotatable bonds is 4. The quantitative estimate of drug-likeness (QED) is 0.901. The monoisotopic (exact) mass is 267 g/mol. The number of nitrogens with one attached hydrogen (secondary N) is 1. The van der Waals surface area contributed by atoms with Crippen LogP contribution in [0.15, 0.2) is 10.6 Å². The zero-order chi connectivity index (χ0) is 13.9. The highest BCUT2D eigenvalue weighted by Gasteiger charge is 2.20. The molecule has 0 aromatic carbocycles. The van der Waals surface area contributed by atoms with Crippen LogP contribution in [0.5, 0.6) is 0 Å². The summed E-state index contributed by atoms with van der Waals surface area (Å²) in [6.45, 7) is 12.7. The standard InChI is InChI=1S/C14H25N3O2/c1-11-10-18-6-5-17(11)9-13-7-12(16-19-13)8-15-14(2,3)4/h7,11,15H,5-6,8-10H2,1-4H3. The Balaban J connectivity index is 1.86. The van der Waals surface area contributed by atoms with E-state index in [1.807, 2.05) is 6.07 Å². The molecule has 0 amide bonds. The molecule has 1 N–H and O–H groups in total. The maximum Gasteiger partial charge on any atom is 0.151 e. The summed E-state index contributed by atoms with van der Waals surface area (Å²) in [4.78, 5) is 2.37. The average Bonchev–Trinajstić information content (AvgIpc) is 2.77. The minimum Gasteiger partial charge on any atom is -0.379 e. The predicted octanol–water partition coefficient (Wildman–Crippen LogP) is 1.78. The second-order valence-electron chi connectivity index (χ2n) is 6.28. The third-order valence-corrected chi connectivity index (χ3v) is 3.27. The molecule has 0 spiro atoms. The third-order valence-electron chi connectivity index (χ3n) is 3.27. The van der Waals surface area contributed by atoms with Crippen molar-refractivity contribution >= 4 is 0 Å². The molecule has 19 heavy (non-hydrogen) atoms. The fourth-order valence-electron chi connectivity index (χ4n) is 2.07. The molecule has 0 bridgehead atoms. The van der Waals surface area contributed by atoms with Crippen LogP contribution in [0.25, 0.3) is 0 Å². The highest BCUT2D eigenvalue weighted by atomic mass is 16.5. The second-order valence-corrected chi connectivity index (χ2v) is 6.28. The number of aromatic nitrogens is 1. The lowest BCUT2D eigenvalue weighted by molar-refractivity contribution is -0.00779. The predicted molar refractivity (Wildman–Crippen MR) is 73.8 cm³/mol. The molecular weight excluding hydrogens is 242 g/mol. The van der Waals surface area contributed by atoms with E-state index in [2.05, 4.69) is 43.1 Å². The van der Waals surface area contributed by atoms with Crippen molar-refractivity contribution in [3.05, 3.63) is 17.5 Å². The fourth-order valence-corrected chi connectivity index (χ4v) is 2.07. The van der Waals surface area contributed by atoms with Crippen LogP contribution in [-0.4, -0.2) is 41.4 Å². The Morgan fingerprint density at radius 1 is 1.47 bits per heavy atom. The lowest BCUT2D eigenvalue weighted by atomic mass is 10.1. The van der Waals surface area contributed by atoms with Crippen LogP contribution in [0.3, 0.4) is 0 Å². The van der Waals surface area contributed by atoms with Crippen LogP contribution in [0.2, 0.25) is 0 Å². The van der Waals surface area contributed by atoms with Gasteiger partial charge in [-0.15, -0.1) is 0 Å². The van der Waals surface area contributed by atoms with Gasteiger partial charge in [-0.2, -0.15) is 0 Å². The highest BCUT2D eigenvalue weighted by Crippen LogP contribution is 2.13. The van der Waals surface area contributed by atoms with Gasteiger partial charge in [-0.3, -0.25) is 4.90 Å². The van der Waals surface area contributed by atoms with E-state index >= 15 is 0 Å². The zero-order valence-electron chi connectivity index (χ0n) is 12.4. The minimum atomic E-state index is 0.0951. The summed E-state index contributed by atoms with van der Waals surface area (Å²) < 4.78 is 10.8. The fraction of sp³-hybridized carbons (Fsp3) is 0.786. The molecule has 1 aromatic heterocycles. The number of ether oxygens (including phenoxy) is 1. The molecule has 1 unspecified atom stereocenters. The molecule has 2 rings (SSSR count). The molecule has 108 valence electrons. The molecule has 2 heterocycles. The van der Waals surface area contributed by atoms with Gasteiger partial charge in [0.1, 0.15) is 0 Å². The second kappa shape index (κ2) is 6.03. The molecular formula is C14H25N3O2. The van der Waals surface area contributed by atoms with Crippen molar-refractivity contribution in [2.75, 3.05) is 19.8 Å². The van der Waals surface area contributed by atoms with Crippen LogP contribution in [0, 0.1) is 0 Å². The molecule has 1 aliphatic rings. The Labute approximate surface area is 115 Å². The maximum atomic E-state index is 5.43.